The number of anilines is 1. The van der Waals surface area contributed by atoms with Gasteiger partial charge >= 0.3 is 6.09 Å². The minimum Gasteiger partial charge on any atom is -0.444 e. The number of benzene rings is 2. The summed E-state index contributed by atoms with van der Waals surface area (Å²) in [5, 5.41) is 5.60. The first-order valence-corrected chi connectivity index (χ1v) is 13.1. The minimum atomic E-state index is -0.854. The van der Waals surface area contributed by atoms with Crippen LogP contribution in [0.5, 0.6) is 0 Å². The van der Waals surface area contributed by atoms with Crippen LogP contribution in [0.3, 0.4) is 0 Å². The number of alkyl carbamates (subject to hydrolysis) is 1. The number of nitrogens with zero attached hydrogens (tertiary/aromatic N) is 1. The van der Waals surface area contributed by atoms with E-state index in [1.54, 1.807) is 25.7 Å². The topological polar surface area (TPSA) is 87.7 Å². The Morgan fingerprint density at radius 2 is 1.59 bits per heavy atom. The van der Waals surface area contributed by atoms with Crippen molar-refractivity contribution in [1.82, 2.24) is 10.2 Å². The van der Waals surface area contributed by atoms with Gasteiger partial charge in [-0.2, -0.15) is 0 Å². The molecule has 0 spiro atoms. The van der Waals surface area contributed by atoms with Gasteiger partial charge in [0.05, 0.1) is 0 Å². The predicted octanol–water partition coefficient (Wildman–Crippen LogP) is 6.23. The molecule has 0 saturated heterocycles. The molecule has 0 aromatic heterocycles. The maximum atomic E-state index is 13.8. The van der Waals surface area contributed by atoms with Gasteiger partial charge in [0.2, 0.25) is 5.91 Å². The number of carbonyl (C=O) groups excluding carboxylic acids is 3. The third kappa shape index (κ3) is 9.90. The highest BCUT2D eigenvalue weighted by Gasteiger charge is 2.32. The Bertz CT molecular complexity index is 1050. The van der Waals surface area contributed by atoms with E-state index in [9.17, 15) is 14.4 Å². The van der Waals surface area contributed by atoms with Gasteiger partial charge in [0.25, 0.3) is 5.91 Å². The average molecular weight is 510 g/mol. The number of aryl methyl sites for hydroxylation is 3. The zero-order valence-electron chi connectivity index (χ0n) is 23.4. The molecule has 7 heteroatoms. The third-order valence-electron chi connectivity index (χ3n) is 5.88. The summed E-state index contributed by atoms with van der Waals surface area (Å²) < 4.78 is 5.30. The molecule has 0 fully saturated rings. The number of para-hydroxylation sites is 1. The molecule has 0 radical (unpaired) electrons. The van der Waals surface area contributed by atoms with Crippen molar-refractivity contribution in [2.45, 2.75) is 85.8 Å². The van der Waals surface area contributed by atoms with Crippen LogP contribution in [0.1, 0.15) is 81.7 Å². The second kappa shape index (κ2) is 13.8. The third-order valence-corrected chi connectivity index (χ3v) is 5.88. The largest absolute Gasteiger partial charge is 0.444 e. The molecular weight excluding hydrogens is 466 g/mol. The van der Waals surface area contributed by atoms with Crippen molar-refractivity contribution in [2.75, 3.05) is 18.4 Å². The molecule has 202 valence electrons. The van der Waals surface area contributed by atoms with Crippen LogP contribution in [0.15, 0.2) is 42.5 Å². The fourth-order valence-electron chi connectivity index (χ4n) is 4.23. The van der Waals surface area contributed by atoms with Gasteiger partial charge in [0, 0.05) is 12.2 Å². The first-order chi connectivity index (χ1) is 17.4. The Morgan fingerprint density at radius 3 is 2.19 bits per heavy atom. The maximum absolute atomic E-state index is 13.8. The van der Waals surface area contributed by atoms with E-state index in [4.69, 9.17) is 4.74 Å². The molecular formula is C30H43N3O4. The number of amides is 3. The van der Waals surface area contributed by atoms with Crippen LogP contribution in [-0.4, -0.2) is 41.5 Å². The Morgan fingerprint density at radius 1 is 0.946 bits per heavy atom. The molecule has 2 aromatic carbocycles. The van der Waals surface area contributed by atoms with Crippen molar-refractivity contribution in [1.29, 1.82) is 0 Å². The number of ether oxygens (including phenoxy) is 1. The van der Waals surface area contributed by atoms with E-state index >= 15 is 0 Å². The lowest BCUT2D eigenvalue weighted by Crippen LogP contribution is -2.47. The van der Waals surface area contributed by atoms with Gasteiger partial charge in [0.1, 0.15) is 18.2 Å². The predicted molar refractivity (Wildman–Crippen MR) is 149 cm³/mol. The molecule has 7 nitrogen and oxygen atoms in total. The highest BCUT2D eigenvalue weighted by atomic mass is 16.6. The molecule has 37 heavy (non-hydrogen) atoms. The second-order valence-corrected chi connectivity index (χ2v) is 10.6. The van der Waals surface area contributed by atoms with Gasteiger partial charge < -0.3 is 20.3 Å². The summed E-state index contributed by atoms with van der Waals surface area (Å²) in [6, 6.07) is 12.6. The Balaban J connectivity index is 2.41. The molecule has 3 amide bonds. The quantitative estimate of drug-likeness (QED) is 0.352. The van der Waals surface area contributed by atoms with Crippen LogP contribution in [-0.2, 0) is 14.3 Å². The van der Waals surface area contributed by atoms with E-state index in [1.807, 2.05) is 63.2 Å². The highest BCUT2D eigenvalue weighted by molar-refractivity contribution is 5.99. The molecule has 2 rings (SSSR count). The lowest BCUT2D eigenvalue weighted by Gasteiger charge is -2.32. The number of nitrogens with one attached hydrogen (secondary N) is 2. The van der Waals surface area contributed by atoms with E-state index in [2.05, 4.69) is 17.6 Å². The van der Waals surface area contributed by atoms with Crippen LogP contribution >= 0.6 is 0 Å². The fourth-order valence-corrected chi connectivity index (χ4v) is 4.23. The van der Waals surface area contributed by atoms with E-state index in [1.165, 1.54) is 0 Å². The monoisotopic (exact) mass is 509 g/mol. The van der Waals surface area contributed by atoms with Crippen molar-refractivity contribution in [3.63, 3.8) is 0 Å². The first kappa shape index (κ1) is 29.9. The highest BCUT2D eigenvalue weighted by Crippen LogP contribution is 2.27. The fraction of sp³-hybridized carbons (Fsp3) is 0.500. The molecule has 0 aliphatic rings. The molecule has 0 saturated carbocycles. The lowest BCUT2D eigenvalue weighted by molar-refractivity contribution is -0.138. The Hall–Kier alpha value is -3.35. The van der Waals surface area contributed by atoms with Crippen molar-refractivity contribution in [3.05, 3.63) is 64.7 Å². The number of carbonyl (C=O) groups is 3. The molecule has 0 aliphatic heterocycles. The van der Waals surface area contributed by atoms with E-state index in [0.717, 1.165) is 47.9 Å². The Labute approximate surface area is 222 Å². The van der Waals surface area contributed by atoms with Crippen molar-refractivity contribution >= 4 is 23.6 Å². The van der Waals surface area contributed by atoms with Crippen LogP contribution in [0.25, 0.3) is 0 Å². The summed E-state index contributed by atoms with van der Waals surface area (Å²) in [5.74, 6) is -0.633. The summed E-state index contributed by atoms with van der Waals surface area (Å²) in [6.07, 6.45) is 3.13. The molecule has 0 aliphatic carbocycles. The van der Waals surface area contributed by atoms with E-state index in [0.29, 0.717) is 12.2 Å². The van der Waals surface area contributed by atoms with Crippen LogP contribution in [0.4, 0.5) is 10.5 Å². The van der Waals surface area contributed by atoms with Gasteiger partial charge in [0.15, 0.2) is 0 Å². The first-order valence-electron chi connectivity index (χ1n) is 13.1. The number of unbranched alkanes of at least 4 members (excludes halogenated alkanes) is 3. The van der Waals surface area contributed by atoms with E-state index in [-0.39, 0.29) is 18.4 Å². The van der Waals surface area contributed by atoms with Gasteiger partial charge in [-0.25, -0.2) is 4.79 Å². The second-order valence-electron chi connectivity index (χ2n) is 10.6. The molecule has 2 aromatic rings. The molecule has 2 N–H and O–H groups in total. The number of hydrogen-bond donors (Lipinski definition) is 2. The SMILES string of the molecule is CCCCCCN(C(=O)CNC(=O)OC(C)(C)C)C(C(=O)Nc1ccccc1C)c1cc(C)cc(C)c1. The molecule has 1 unspecified atom stereocenters. The average Bonchev–Trinajstić information content (AvgIpc) is 2.79. The molecule has 0 bridgehead atoms. The van der Waals surface area contributed by atoms with Crippen LogP contribution in [0.2, 0.25) is 0 Å². The maximum Gasteiger partial charge on any atom is 0.408 e. The summed E-state index contributed by atoms with van der Waals surface area (Å²) >= 11 is 0. The van der Waals surface area contributed by atoms with Gasteiger partial charge in [-0.15, -0.1) is 0 Å². The van der Waals surface area contributed by atoms with Crippen LogP contribution < -0.4 is 10.6 Å². The zero-order valence-corrected chi connectivity index (χ0v) is 23.4. The zero-order chi connectivity index (χ0) is 27.6. The summed E-state index contributed by atoms with van der Waals surface area (Å²) in [6.45, 7) is 13.4. The smallest absolute Gasteiger partial charge is 0.408 e. The van der Waals surface area contributed by atoms with Gasteiger partial charge in [-0.3, -0.25) is 9.59 Å². The van der Waals surface area contributed by atoms with Gasteiger partial charge in [-0.1, -0.05) is 73.7 Å². The lowest BCUT2D eigenvalue weighted by atomic mass is 9.98. The van der Waals surface area contributed by atoms with Crippen molar-refractivity contribution in [2.24, 2.45) is 0 Å². The number of rotatable bonds is 11. The van der Waals surface area contributed by atoms with Crippen molar-refractivity contribution < 1.29 is 19.1 Å². The molecule has 0 heterocycles. The van der Waals surface area contributed by atoms with E-state index < -0.39 is 17.7 Å². The summed E-state index contributed by atoms with van der Waals surface area (Å²) in [4.78, 5) is 41.2. The Kier molecular flexibility index (Phi) is 11.2. The van der Waals surface area contributed by atoms with Gasteiger partial charge in [-0.05, 0) is 65.2 Å². The normalized spacial score (nSPS) is 12.0. The minimum absolute atomic E-state index is 0.262. The molecule has 1 atom stereocenters. The summed E-state index contributed by atoms with van der Waals surface area (Å²) in [5.41, 5.74) is 3.71. The van der Waals surface area contributed by atoms with Crippen LogP contribution in [0, 0.1) is 20.8 Å². The number of hydrogen-bond acceptors (Lipinski definition) is 4. The standard InChI is InChI=1S/C30H43N3O4/c1-8-9-10-13-16-33(26(34)20-31-29(36)37-30(5,6)7)27(24-18-21(2)17-22(3)19-24)28(35)32-25-15-12-11-14-23(25)4/h11-12,14-15,17-19,27H,8-10,13,16,20H2,1-7H3,(H,31,36)(H,32,35). The van der Waals surface area contributed by atoms with Crippen molar-refractivity contribution in [3.8, 4) is 0 Å². The summed E-state index contributed by atoms with van der Waals surface area (Å²) in [7, 11) is 0.